The van der Waals surface area contributed by atoms with Crippen molar-refractivity contribution >= 4 is 26.4 Å². The van der Waals surface area contributed by atoms with Gasteiger partial charge in [-0.1, -0.05) is 54.6 Å². The zero-order chi connectivity index (χ0) is 24.6. The Morgan fingerprint density at radius 3 is 2.27 bits per heavy atom. The molecule has 0 bridgehead atoms. The van der Waals surface area contributed by atoms with Crippen molar-refractivity contribution in [2.45, 2.75) is 71.2 Å². The number of Topliss-reactive ketones (excluding diaryl/α,β-unsaturated/α-hetero) is 1. The minimum absolute atomic E-state index is 0.0216. The zero-order valence-electron chi connectivity index (χ0n) is 20.6. The molecular weight excluding hydrogens is 432 g/mol. The molecule has 3 rings (SSSR count). The summed E-state index contributed by atoms with van der Waals surface area (Å²) in [4.78, 5) is 12.8. The SMILES string of the molecule is CC(=O)[C@@H](OC(C)(C)C)c1c(C)cc2ccccc2c1-c1cccc(CS(=O)(=O)C(C)C)c1. The second-order valence-corrected chi connectivity index (χ2v) is 12.5. The Bertz CT molecular complexity index is 1280. The molecule has 4 nitrogen and oxygen atoms in total. The number of benzene rings is 3. The Balaban J connectivity index is 2.31. The molecule has 5 heteroatoms. The smallest absolute Gasteiger partial charge is 0.163 e. The van der Waals surface area contributed by atoms with E-state index in [1.165, 1.54) is 0 Å². The molecule has 176 valence electrons. The minimum Gasteiger partial charge on any atom is -0.360 e. The maximum Gasteiger partial charge on any atom is 0.163 e. The van der Waals surface area contributed by atoms with E-state index in [9.17, 15) is 13.2 Å². The van der Waals surface area contributed by atoms with Gasteiger partial charge in [-0.2, -0.15) is 0 Å². The molecule has 0 N–H and O–H groups in total. The lowest BCUT2D eigenvalue weighted by molar-refractivity contribution is -0.138. The van der Waals surface area contributed by atoms with Crippen molar-refractivity contribution in [3.63, 3.8) is 0 Å². The summed E-state index contributed by atoms with van der Waals surface area (Å²) in [6, 6.07) is 17.8. The fourth-order valence-electron chi connectivity index (χ4n) is 4.07. The Kier molecular flexibility index (Phi) is 7.15. The van der Waals surface area contributed by atoms with Crippen LogP contribution >= 0.6 is 0 Å². The molecule has 0 aliphatic heterocycles. The maximum absolute atomic E-state index is 12.8. The Labute approximate surface area is 197 Å². The Morgan fingerprint density at radius 1 is 1.00 bits per heavy atom. The van der Waals surface area contributed by atoms with Crippen LogP contribution in [0.2, 0.25) is 0 Å². The molecule has 1 atom stereocenters. The van der Waals surface area contributed by atoms with Crippen molar-refractivity contribution in [1.29, 1.82) is 0 Å². The topological polar surface area (TPSA) is 60.4 Å². The van der Waals surface area contributed by atoms with Gasteiger partial charge >= 0.3 is 0 Å². The van der Waals surface area contributed by atoms with E-state index in [0.29, 0.717) is 0 Å². The molecule has 0 aliphatic rings. The van der Waals surface area contributed by atoms with Crippen LogP contribution < -0.4 is 0 Å². The summed E-state index contributed by atoms with van der Waals surface area (Å²) in [6.07, 6.45) is -0.729. The summed E-state index contributed by atoms with van der Waals surface area (Å²) >= 11 is 0. The molecule has 3 aromatic carbocycles. The molecule has 0 radical (unpaired) electrons. The lowest BCUT2D eigenvalue weighted by atomic mass is 9.86. The van der Waals surface area contributed by atoms with Crippen LogP contribution in [0.5, 0.6) is 0 Å². The molecule has 0 fully saturated rings. The standard InChI is InChI=1S/C28H34O4S/c1-18(2)33(30,31)17-21-11-10-13-23(16-21)26-24-14-9-8-12-22(24)15-19(3)25(26)27(20(4)29)32-28(5,6)7/h8-16,18,27H,17H2,1-7H3/t27-/m1/s1. The first-order valence-electron chi connectivity index (χ1n) is 11.3. The van der Waals surface area contributed by atoms with Crippen LogP contribution in [0, 0.1) is 6.92 Å². The van der Waals surface area contributed by atoms with Crippen molar-refractivity contribution in [1.82, 2.24) is 0 Å². The number of carbonyl (C=O) groups is 1. The molecule has 0 heterocycles. The van der Waals surface area contributed by atoms with Gasteiger partial charge in [-0.15, -0.1) is 0 Å². The van der Waals surface area contributed by atoms with E-state index in [4.69, 9.17) is 4.74 Å². The predicted octanol–water partition coefficient (Wildman–Crippen LogP) is 6.58. The second kappa shape index (κ2) is 9.40. The number of sulfone groups is 1. The molecule has 0 aromatic heterocycles. The van der Waals surface area contributed by atoms with Crippen molar-refractivity contribution in [3.05, 3.63) is 71.3 Å². The van der Waals surface area contributed by atoms with Gasteiger partial charge in [0, 0.05) is 0 Å². The third-order valence-electron chi connectivity index (χ3n) is 5.70. The highest BCUT2D eigenvalue weighted by molar-refractivity contribution is 7.91. The van der Waals surface area contributed by atoms with Crippen molar-refractivity contribution in [2.24, 2.45) is 0 Å². The number of ketones is 1. The summed E-state index contributed by atoms with van der Waals surface area (Å²) in [6.45, 7) is 12.8. The van der Waals surface area contributed by atoms with Gasteiger partial charge in [-0.25, -0.2) is 8.42 Å². The third-order valence-corrected chi connectivity index (χ3v) is 7.87. The lowest BCUT2D eigenvalue weighted by Gasteiger charge is -2.29. The molecule has 0 unspecified atom stereocenters. The Morgan fingerprint density at radius 2 is 1.67 bits per heavy atom. The minimum atomic E-state index is -3.24. The van der Waals surface area contributed by atoms with Crippen molar-refractivity contribution in [3.8, 4) is 11.1 Å². The second-order valence-electron chi connectivity index (χ2n) is 9.98. The van der Waals surface area contributed by atoms with Crippen LogP contribution in [0.15, 0.2) is 54.6 Å². The maximum atomic E-state index is 12.8. The van der Waals surface area contributed by atoms with Gasteiger partial charge in [0.05, 0.1) is 16.6 Å². The van der Waals surface area contributed by atoms with Gasteiger partial charge in [0.1, 0.15) is 6.10 Å². The van der Waals surface area contributed by atoms with Crippen LogP contribution in [0.4, 0.5) is 0 Å². The Hall–Kier alpha value is -2.50. The average Bonchev–Trinajstić information content (AvgIpc) is 2.70. The van der Waals surface area contributed by atoms with E-state index in [1.807, 2.05) is 70.2 Å². The molecule has 33 heavy (non-hydrogen) atoms. The summed E-state index contributed by atoms with van der Waals surface area (Å²) in [5.41, 5.74) is 3.81. The van der Waals surface area contributed by atoms with Crippen LogP contribution in [0.1, 0.15) is 64.3 Å². The monoisotopic (exact) mass is 466 g/mol. The number of rotatable bonds is 7. The number of fused-ring (bicyclic) bond motifs is 1. The van der Waals surface area contributed by atoms with Crippen molar-refractivity contribution in [2.75, 3.05) is 0 Å². The molecule has 0 aliphatic carbocycles. The molecular formula is C28H34O4S. The third kappa shape index (κ3) is 5.71. The van der Waals surface area contributed by atoms with E-state index in [0.717, 1.165) is 38.6 Å². The molecule has 0 saturated carbocycles. The van der Waals surface area contributed by atoms with Gasteiger partial charge in [0.15, 0.2) is 15.6 Å². The fraction of sp³-hybridized carbons (Fsp3) is 0.393. The summed E-state index contributed by atoms with van der Waals surface area (Å²) in [5, 5.41) is 1.62. The summed E-state index contributed by atoms with van der Waals surface area (Å²) in [5.74, 6) is -0.0882. The van der Waals surface area contributed by atoms with Gasteiger partial charge in [0.2, 0.25) is 0 Å². The summed E-state index contributed by atoms with van der Waals surface area (Å²) in [7, 11) is -3.24. The highest BCUT2D eigenvalue weighted by atomic mass is 32.2. The van der Waals surface area contributed by atoms with Gasteiger partial charge in [-0.05, 0) is 87.1 Å². The lowest BCUT2D eigenvalue weighted by Crippen LogP contribution is -2.27. The number of ether oxygens (including phenoxy) is 1. The van der Waals surface area contributed by atoms with Crippen LogP contribution in [-0.4, -0.2) is 25.1 Å². The molecule has 0 amide bonds. The van der Waals surface area contributed by atoms with E-state index in [2.05, 4.69) is 12.1 Å². The predicted molar refractivity (Wildman–Crippen MR) is 136 cm³/mol. The van der Waals surface area contributed by atoms with E-state index < -0.39 is 26.8 Å². The summed E-state index contributed by atoms with van der Waals surface area (Å²) < 4.78 is 31.4. The highest BCUT2D eigenvalue weighted by Gasteiger charge is 2.29. The van der Waals surface area contributed by atoms with Gasteiger partial charge in [-0.3, -0.25) is 4.79 Å². The number of hydrogen-bond donors (Lipinski definition) is 0. The number of aryl methyl sites for hydroxylation is 1. The van der Waals surface area contributed by atoms with Crippen molar-refractivity contribution < 1.29 is 17.9 Å². The highest BCUT2D eigenvalue weighted by Crippen LogP contribution is 2.41. The first kappa shape index (κ1) is 25.1. The number of hydrogen-bond acceptors (Lipinski definition) is 4. The molecule has 0 saturated heterocycles. The van der Waals surface area contributed by atoms with Gasteiger partial charge in [0.25, 0.3) is 0 Å². The quantitative estimate of drug-likeness (QED) is 0.394. The number of carbonyl (C=O) groups excluding carboxylic acids is 1. The van der Waals surface area contributed by atoms with Crippen LogP contribution in [0.25, 0.3) is 21.9 Å². The van der Waals surface area contributed by atoms with E-state index >= 15 is 0 Å². The van der Waals surface area contributed by atoms with E-state index in [-0.39, 0.29) is 11.5 Å². The molecule has 0 spiro atoms. The largest absolute Gasteiger partial charge is 0.360 e. The first-order valence-corrected chi connectivity index (χ1v) is 13.0. The fourth-order valence-corrected chi connectivity index (χ4v) is 5.04. The zero-order valence-corrected chi connectivity index (χ0v) is 21.4. The van der Waals surface area contributed by atoms with Gasteiger partial charge < -0.3 is 4.74 Å². The average molecular weight is 467 g/mol. The van der Waals surface area contributed by atoms with Crippen LogP contribution in [-0.2, 0) is 25.1 Å². The normalized spacial score (nSPS) is 13.5. The van der Waals surface area contributed by atoms with E-state index in [1.54, 1.807) is 20.8 Å². The molecule has 3 aromatic rings. The first-order chi connectivity index (χ1) is 15.3. The van der Waals surface area contributed by atoms with Crippen LogP contribution in [0.3, 0.4) is 0 Å².